The van der Waals surface area contributed by atoms with Gasteiger partial charge in [0.05, 0.1) is 11.4 Å². The Morgan fingerprint density at radius 2 is 1.18 bits per heavy atom. The van der Waals surface area contributed by atoms with Crippen molar-refractivity contribution in [3.05, 3.63) is 48.8 Å². The van der Waals surface area contributed by atoms with E-state index in [0.29, 0.717) is 0 Å². The Morgan fingerprint density at radius 3 is 1.41 bits per heavy atom. The van der Waals surface area contributed by atoms with Gasteiger partial charge in [0.2, 0.25) is 0 Å². The second-order valence-electron chi connectivity index (χ2n) is 3.76. The minimum atomic E-state index is -2.24. The summed E-state index contributed by atoms with van der Waals surface area (Å²) >= 11 is -2.24. The van der Waals surface area contributed by atoms with Crippen molar-refractivity contribution in [2.45, 2.75) is 9.88 Å². The van der Waals surface area contributed by atoms with E-state index in [0.717, 1.165) is 11.4 Å². The summed E-state index contributed by atoms with van der Waals surface area (Å²) in [6, 6.07) is 11.6. The molecule has 0 saturated carbocycles. The molecule has 0 aliphatic carbocycles. The van der Waals surface area contributed by atoms with Gasteiger partial charge in [-0.25, -0.2) is 0 Å². The quantitative estimate of drug-likeness (QED) is 0.694. The third kappa shape index (κ3) is 7.58. The topological polar surface area (TPSA) is 25.8 Å². The Balaban J connectivity index is 0.000000249. The Hall–Kier alpha value is -0.321. The molecule has 0 N–H and O–H groups in total. The number of rotatable bonds is 1. The molecule has 2 nitrogen and oxygen atoms in total. The molecule has 0 aliphatic rings. The molecule has 0 unspecified atom stereocenters. The summed E-state index contributed by atoms with van der Waals surface area (Å²) in [5.74, 6) is 0. The van der Waals surface area contributed by atoms with Crippen LogP contribution in [0.15, 0.2) is 48.8 Å². The van der Waals surface area contributed by atoms with Gasteiger partial charge < -0.3 is 0 Å². The summed E-state index contributed by atoms with van der Waals surface area (Å²) in [6.07, 6.45) is 3.54. The van der Waals surface area contributed by atoms with Crippen molar-refractivity contribution >= 4 is 34.0 Å². The SMILES string of the molecule is [CH3][Sn]([CH3])([Cl])[Cl].c1ccc(-c2ccccn2)nc1. The van der Waals surface area contributed by atoms with E-state index in [9.17, 15) is 0 Å². The molecule has 5 heteroatoms. The molecule has 0 aromatic carbocycles. The molecule has 0 atom stereocenters. The summed E-state index contributed by atoms with van der Waals surface area (Å²) in [6.45, 7) is 0. The summed E-state index contributed by atoms with van der Waals surface area (Å²) in [7, 11) is 11.0. The maximum Gasteiger partial charge on any atom is 0.0886 e. The number of hydrogen-bond acceptors (Lipinski definition) is 2. The van der Waals surface area contributed by atoms with Crippen LogP contribution in [0.2, 0.25) is 9.88 Å². The van der Waals surface area contributed by atoms with E-state index in [1.807, 2.05) is 46.3 Å². The van der Waals surface area contributed by atoms with E-state index in [4.69, 9.17) is 17.8 Å². The first kappa shape index (κ1) is 14.7. The molecule has 0 saturated heterocycles. The van der Waals surface area contributed by atoms with Crippen LogP contribution < -0.4 is 0 Å². The second-order valence-corrected chi connectivity index (χ2v) is 25.3. The first-order chi connectivity index (χ1) is 7.97. The van der Waals surface area contributed by atoms with Crippen LogP contribution in [-0.4, -0.2) is 26.1 Å². The number of aromatic nitrogens is 2. The molecule has 2 aromatic rings. The summed E-state index contributed by atoms with van der Waals surface area (Å²) in [5.41, 5.74) is 1.83. The molecule has 0 aliphatic heterocycles. The molecule has 2 aromatic heterocycles. The van der Waals surface area contributed by atoms with Crippen molar-refractivity contribution in [3.63, 3.8) is 0 Å². The number of nitrogens with zero attached hydrogens (tertiary/aromatic N) is 2. The molecule has 2 heterocycles. The minimum Gasteiger partial charge on any atom is -0.255 e. The van der Waals surface area contributed by atoms with Gasteiger partial charge in [0, 0.05) is 12.4 Å². The average molecular weight is 376 g/mol. The van der Waals surface area contributed by atoms with Crippen LogP contribution in [0.3, 0.4) is 0 Å². The van der Waals surface area contributed by atoms with E-state index in [1.165, 1.54) is 0 Å². The zero-order valence-corrected chi connectivity index (χ0v) is 14.1. The Labute approximate surface area is 113 Å². The van der Waals surface area contributed by atoms with Crippen LogP contribution in [-0.2, 0) is 0 Å². The van der Waals surface area contributed by atoms with Crippen LogP contribution in [0.1, 0.15) is 0 Å². The van der Waals surface area contributed by atoms with Crippen LogP contribution in [0.5, 0.6) is 0 Å². The monoisotopic (exact) mass is 376 g/mol. The van der Waals surface area contributed by atoms with Crippen molar-refractivity contribution in [2.75, 3.05) is 0 Å². The predicted molar refractivity (Wildman–Crippen MR) is 76.7 cm³/mol. The summed E-state index contributed by atoms with van der Waals surface area (Å²) in [4.78, 5) is 12.2. The number of hydrogen-bond donors (Lipinski definition) is 0. The van der Waals surface area contributed by atoms with E-state index >= 15 is 0 Å². The summed E-state index contributed by atoms with van der Waals surface area (Å²) in [5, 5.41) is 0. The zero-order chi connectivity index (χ0) is 12.7. The largest absolute Gasteiger partial charge is 0.255 e. The van der Waals surface area contributed by atoms with E-state index < -0.39 is 16.1 Å². The van der Waals surface area contributed by atoms with Crippen molar-refractivity contribution in [1.29, 1.82) is 0 Å². The fraction of sp³-hybridized carbons (Fsp3) is 0.167. The molecule has 90 valence electrons. The third-order valence-corrected chi connectivity index (χ3v) is 1.59. The van der Waals surface area contributed by atoms with Crippen LogP contribution in [0.25, 0.3) is 11.4 Å². The van der Waals surface area contributed by atoms with Crippen molar-refractivity contribution in [2.24, 2.45) is 0 Å². The van der Waals surface area contributed by atoms with Gasteiger partial charge in [0.15, 0.2) is 0 Å². The Bertz CT molecular complexity index is 386. The van der Waals surface area contributed by atoms with Crippen molar-refractivity contribution in [3.8, 4) is 11.4 Å². The van der Waals surface area contributed by atoms with Gasteiger partial charge in [-0.3, -0.25) is 9.97 Å². The van der Waals surface area contributed by atoms with Crippen LogP contribution >= 0.6 is 17.8 Å². The second kappa shape index (κ2) is 7.19. The number of halogens is 2. The Morgan fingerprint density at radius 1 is 0.824 bits per heavy atom. The van der Waals surface area contributed by atoms with Gasteiger partial charge in [-0.2, -0.15) is 0 Å². The smallest absolute Gasteiger partial charge is 0.0886 e. The van der Waals surface area contributed by atoms with Crippen LogP contribution in [0.4, 0.5) is 0 Å². The fourth-order valence-corrected chi connectivity index (χ4v) is 1.03. The average Bonchev–Trinajstić information content (AvgIpc) is 2.29. The van der Waals surface area contributed by atoms with Gasteiger partial charge in [-0.1, -0.05) is 12.1 Å². The van der Waals surface area contributed by atoms with Gasteiger partial charge >= 0.3 is 43.8 Å². The van der Waals surface area contributed by atoms with Gasteiger partial charge in [0.25, 0.3) is 0 Å². The molecule has 0 spiro atoms. The van der Waals surface area contributed by atoms with Crippen LogP contribution in [0, 0.1) is 0 Å². The van der Waals surface area contributed by atoms with Gasteiger partial charge in [-0.15, -0.1) is 0 Å². The minimum absolute atomic E-state index is 0.915. The molecular weight excluding hydrogens is 362 g/mol. The molecule has 0 amide bonds. The van der Waals surface area contributed by atoms with E-state index in [-0.39, 0.29) is 0 Å². The standard InChI is InChI=1S/C10H8N2.2CH3.2ClH.Sn/c1-3-7-11-9(5-1)10-6-2-4-8-12-10;;;;;/h1-8H;2*1H3;2*1H;/q;;;;;+2/p-2. The normalized spacial score (nSPS) is 10.4. The maximum absolute atomic E-state index is 5.51. The first-order valence-corrected chi connectivity index (χ1v) is 18.1. The van der Waals surface area contributed by atoms with Gasteiger partial charge in [-0.05, 0) is 24.3 Å². The molecule has 0 fully saturated rings. The summed E-state index contributed by atoms with van der Waals surface area (Å²) < 4.78 is 0. The van der Waals surface area contributed by atoms with Gasteiger partial charge in [0.1, 0.15) is 0 Å². The van der Waals surface area contributed by atoms with Crippen molar-refractivity contribution < 1.29 is 0 Å². The number of pyridine rings is 2. The Kier molecular flexibility index (Phi) is 6.23. The van der Waals surface area contributed by atoms with E-state index in [2.05, 4.69) is 9.97 Å². The fourth-order valence-electron chi connectivity index (χ4n) is 1.03. The molecule has 0 bridgehead atoms. The molecule has 0 radical (unpaired) electrons. The van der Waals surface area contributed by atoms with E-state index in [1.54, 1.807) is 12.4 Å². The third-order valence-electron chi connectivity index (χ3n) is 1.59. The first-order valence-electron chi connectivity index (χ1n) is 5.17. The predicted octanol–water partition coefficient (Wildman–Crippen LogP) is 4.31. The molecule has 2 rings (SSSR count). The molecular formula is C12H14Cl2N2Sn. The zero-order valence-electron chi connectivity index (χ0n) is 9.77. The van der Waals surface area contributed by atoms with Crippen molar-refractivity contribution in [1.82, 2.24) is 9.97 Å². The maximum atomic E-state index is 5.51. The molecule has 17 heavy (non-hydrogen) atoms.